The van der Waals surface area contributed by atoms with Crippen molar-refractivity contribution in [1.82, 2.24) is 4.98 Å². The summed E-state index contributed by atoms with van der Waals surface area (Å²) in [6.07, 6.45) is 4.15. The molecule has 0 saturated heterocycles. The minimum atomic E-state index is -3.76. The number of amides is 1. The summed E-state index contributed by atoms with van der Waals surface area (Å²) >= 11 is 0. The summed E-state index contributed by atoms with van der Waals surface area (Å²) in [5.41, 5.74) is 2.34. The van der Waals surface area contributed by atoms with Gasteiger partial charge in [-0.05, 0) is 48.7 Å². The summed E-state index contributed by atoms with van der Waals surface area (Å²) in [6, 6.07) is 8.65. The number of hydrogen-bond donors (Lipinski definition) is 2. The van der Waals surface area contributed by atoms with Crippen molar-refractivity contribution in [3.63, 3.8) is 0 Å². The molecule has 1 saturated carbocycles. The summed E-state index contributed by atoms with van der Waals surface area (Å²) in [4.78, 5) is 17.5. The molecule has 25 heavy (non-hydrogen) atoms. The van der Waals surface area contributed by atoms with Crippen molar-refractivity contribution in [1.29, 1.82) is 0 Å². The average molecular weight is 358 g/mol. The molecule has 7 nitrogen and oxygen atoms in total. The second kappa shape index (κ2) is 5.73. The highest BCUT2D eigenvalue weighted by Gasteiger charge is 2.26. The number of hydrogen-bond acceptors (Lipinski definition) is 5. The molecule has 1 aromatic carbocycles. The number of carbonyl (C=O) groups is 1. The van der Waals surface area contributed by atoms with Gasteiger partial charge in [0.25, 0.3) is 10.0 Å². The third kappa shape index (κ3) is 3.17. The maximum Gasteiger partial charge on any atom is 0.263 e. The summed E-state index contributed by atoms with van der Waals surface area (Å²) in [6.45, 7) is 0. The average Bonchev–Trinajstić information content (AvgIpc) is 3.35. The Morgan fingerprint density at radius 3 is 2.68 bits per heavy atom. The van der Waals surface area contributed by atoms with Crippen LogP contribution in [0.2, 0.25) is 0 Å². The molecule has 1 amide bonds. The monoisotopic (exact) mass is 358 g/mol. The van der Waals surface area contributed by atoms with Crippen molar-refractivity contribution in [2.24, 2.45) is 0 Å². The normalized spacial score (nSPS) is 16.7. The van der Waals surface area contributed by atoms with Crippen LogP contribution in [-0.2, 0) is 21.2 Å². The number of aromatic nitrogens is 1. The van der Waals surface area contributed by atoms with E-state index in [1.165, 1.54) is 11.0 Å². The lowest BCUT2D eigenvalue weighted by Crippen LogP contribution is -2.20. The van der Waals surface area contributed by atoms with E-state index in [1.807, 2.05) is 0 Å². The van der Waals surface area contributed by atoms with E-state index in [4.69, 9.17) is 0 Å². The Morgan fingerprint density at radius 2 is 2.00 bits per heavy atom. The fourth-order valence-corrected chi connectivity index (χ4v) is 3.87. The fourth-order valence-electron chi connectivity index (χ4n) is 2.81. The van der Waals surface area contributed by atoms with Gasteiger partial charge in [0.2, 0.25) is 5.91 Å². The third-order valence-electron chi connectivity index (χ3n) is 4.39. The van der Waals surface area contributed by atoms with E-state index in [9.17, 15) is 13.2 Å². The van der Waals surface area contributed by atoms with Gasteiger partial charge in [-0.15, -0.1) is 0 Å². The molecule has 130 valence electrons. The molecule has 2 aromatic rings. The molecule has 0 unspecified atom stereocenters. The second-order valence-electron chi connectivity index (χ2n) is 6.38. The number of benzene rings is 1. The fraction of sp³-hybridized carbons (Fsp3) is 0.294. The number of sulfonamides is 1. The Hall–Kier alpha value is -2.61. The van der Waals surface area contributed by atoms with E-state index in [1.54, 1.807) is 37.5 Å². The van der Waals surface area contributed by atoms with Crippen molar-refractivity contribution >= 4 is 33.1 Å². The van der Waals surface area contributed by atoms with E-state index in [2.05, 4.69) is 15.0 Å². The van der Waals surface area contributed by atoms with Gasteiger partial charge in [0, 0.05) is 18.8 Å². The molecular formula is C17H18N4O3S. The van der Waals surface area contributed by atoms with Crippen LogP contribution in [0.15, 0.2) is 41.4 Å². The van der Waals surface area contributed by atoms with Gasteiger partial charge in [0.05, 0.1) is 23.2 Å². The highest BCUT2D eigenvalue weighted by atomic mass is 32.2. The highest BCUT2D eigenvalue weighted by Crippen LogP contribution is 2.30. The molecule has 2 aliphatic rings. The van der Waals surface area contributed by atoms with E-state index < -0.39 is 10.0 Å². The molecule has 1 aliphatic heterocycles. The standard InChI is InChI=1S/C17H18N4O3S/c1-21-15-6-5-14(8-11(15)9-17(21)22)25(23,24)20-16-7-4-13(10-18-16)19-12-2-3-12/h4-8,10,12,19H,2-3,9H2,1H3,(H,18,20). The van der Waals surface area contributed by atoms with Crippen LogP contribution in [0, 0.1) is 0 Å². The number of fused-ring (bicyclic) bond motifs is 1. The van der Waals surface area contributed by atoms with Gasteiger partial charge >= 0.3 is 0 Å². The first-order valence-corrected chi connectivity index (χ1v) is 9.55. The predicted molar refractivity (Wildman–Crippen MR) is 95.2 cm³/mol. The van der Waals surface area contributed by atoms with Crippen molar-refractivity contribution in [3.05, 3.63) is 42.1 Å². The zero-order valence-electron chi connectivity index (χ0n) is 13.7. The molecule has 0 bridgehead atoms. The summed E-state index contributed by atoms with van der Waals surface area (Å²) in [5.74, 6) is 0.216. The zero-order valence-corrected chi connectivity index (χ0v) is 14.5. The van der Waals surface area contributed by atoms with Crippen LogP contribution < -0.4 is 14.9 Å². The van der Waals surface area contributed by atoms with Gasteiger partial charge in [-0.25, -0.2) is 13.4 Å². The van der Waals surface area contributed by atoms with Gasteiger partial charge in [-0.3, -0.25) is 9.52 Å². The summed E-state index contributed by atoms with van der Waals surface area (Å²) in [5, 5.41) is 3.30. The SMILES string of the molecule is CN1C(=O)Cc2cc(S(=O)(=O)Nc3ccc(NC4CC4)cn3)ccc21. The Morgan fingerprint density at radius 1 is 1.20 bits per heavy atom. The number of nitrogens with zero attached hydrogens (tertiary/aromatic N) is 2. The number of nitrogens with one attached hydrogen (secondary N) is 2. The lowest BCUT2D eigenvalue weighted by atomic mass is 10.2. The largest absolute Gasteiger partial charge is 0.381 e. The van der Waals surface area contributed by atoms with Gasteiger partial charge in [-0.2, -0.15) is 0 Å². The van der Waals surface area contributed by atoms with Crippen molar-refractivity contribution in [2.75, 3.05) is 22.0 Å². The van der Waals surface area contributed by atoms with Crippen molar-refractivity contribution in [3.8, 4) is 0 Å². The zero-order chi connectivity index (χ0) is 17.6. The van der Waals surface area contributed by atoms with Crippen LogP contribution in [0.3, 0.4) is 0 Å². The van der Waals surface area contributed by atoms with Crippen LogP contribution >= 0.6 is 0 Å². The van der Waals surface area contributed by atoms with E-state index in [0.717, 1.165) is 24.2 Å². The summed E-state index contributed by atoms with van der Waals surface area (Å²) < 4.78 is 27.6. The van der Waals surface area contributed by atoms with Gasteiger partial charge in [0.15, 0.2) is 0 Å². The van der Waals surface area contributed by atoms with Crippen LogP contribution in [0.25, 0.3) is 0 Å². The molecule has 1 aromatic heterocycles. The molecule has 1 fully saturated rings. The maximum atomic E-state index is 12.6. The van der Waals surface area contributed by atoms with Crippen LogP contribution in [0.1, 0.15) is 18.4 Å². The first-order chi connectivity index (χ1) is 11.9. The molecular weight excluding hydrogens is 340 g/mol. The smallest absolute Gasteiger partial charge is 0.263 e. The predicted octanol–water partition coefficient (Wildman–Crippen LogP) is 1.98. The minimum Gasteiger partial charge on any atom is -0.381 e. The Balaban J connectivity index is 1.53. The molecule has 1 aliphatic carbocycles. The summed E-state index contributed by atoms with van der Waals surface area (Å²) in [7, 11) is -2.07. The Bertz CT molecular complexity index is 937. The van der Waals surface area contributed by atoms with Crippen LogP contribution in [-0.4, -0.2) is 32.4 Å². The second-order valence-corrected chi connectivity index (χ2v) is 8.06. The van der Waals surface area contributed by atoms with Gasteiger partial charge in [0.1, 0.15) is 5.82 Å². The molecule has 4 rings (SSSR count). The quantitative estimate of drug-likeness (QED) is 0.853. The first kappa shape index (κ1) is 15.9. The lowest BCUT2D eigenvalue weighted by molar-refractivity contribution is -0.117. The number of pyridine rings is 1. The molecule has 0 spiro atoms. The number of rotatable bonds is 5. The number of anilines is 3. The number of carbonyl (C=O) groups excluding carboxylic acids is 1. The van der Waals surface area contributed by atoms with E-state index in [-0.39, 0.29) is 23.0 Å². The first-order valence-electron chi connectivity index (χ1n) is 8.07. The topological polar surface area (TPSA) is 91.4 Å². The number of likely N-dealkylation sites (N-methyl/N-ethyl adjacent to an activating group) is 1. The van der Waals surface area contributed by atoms with Crippen molar-refractivity contribution in [2.45, 2.75) is 30.2 Å². The lowest BCUT2D eigenvalue weighted by Gasteiger charge is -2.12. The Labute approximate surface area is 146 Å². The van der Waals surface area contributed by atoms with Crippen molar-refractivity contribution < 1.29 is 13.2 Å². The molecule has 8 heteroatoms. The van der Waals surface area contributed by atoms with E-state index in [0.29, 0.717) is 11.6 Å². The maximum absolute atomic E-state index is 12.6. The molecule has 0 radical (unpaired) electrons. The van der Waals surface area contributed by atoms with Crippen LogP contribution in [0.5, 0.6) is 0 Å². The van der Waals surface area contributed by atoms with Gasteiger partial charge in [-0.1, -0.05) is 0 Å². The molecule has 2 heterocycles. The highest BCUT2D eigenvalue weighted by molar-refractivity contribution is 7.92. The third-order valence-corrected chi connectivity index (χ3v) is 5.74. The molecule has 2 N–H and O–H groups in total. The van der Waals surface area contributed by atoms with E-state index >= 15 is 0 Å². The molecule has 0 atom stereocenters. The van der Waals surface area contributed by atoms with Crippen LogP contribution in [0.4, 0.5) is 17.2 Å². The van der Waals surface area contributed by atoms with Gasteiger partial charge < -0.3 is 10.2 Å². The Kier molecular flexibility index (Phi) is 3.64. The minimum absolute atomic E-state index is 0.0436.